The molecule has 0 saturated carbocycles. The van der Waals surface area contributed by atoms with E-state index in [0.717, 1.165) is 22.9 Å². The SMILES string of the molecule is COc1cc2c(cc1OC)[C@H](c1ccccc1)N(C(=O)c1cccc(S(C)(=O)=O)c1)CC2. The summed E-state index contributed by atoms with van der Waals surface area (Å²) in [5, 5.41) is 0. The van der Waals surface area contributed by atoms with Crippen LogP contribution in [0, 0.1) is 0 Å². The molecular weight excluding hydrogens is 426 g/mol. The van der Waals surface area contributed by atoms with Crippen LogP contribution in [0.5, 0.6) is 11.5 Å². The molecule has 32 heavy (non-hydrogen) atoms. The van der Waals surface area contributed by atoms with Gasteiger partial charge in [0.1, 0.15) is 0 Å². The highest BCUT2D eigenvalue weighted by Crippen LogP contribution is 2.41. The maximum Gasteiger partial charge on any atom is 0.254 e. The molecule has 1 aliphatic rings. The molecule has 1 amide bonds. The van der Waals surface area contributed by atoms with Crippen LogP contribution in [-0.2, 0) is 16.3 Å². The fourth-order valence-corrected chi connectivity index (χ4v) is 4.85. The Morgan fingerprint density at radius 1 is 0.938 bits per heavy atom. The van der Waals surface area contributed by atoms with E-state index in [-0.39, 0.29) is 16.8 Å². The Morgan fingerprint density at radius 2 is 1.62 bits per heavy atom. The number of rotatable bonds is 5. The second-order valence-corrected chi connectivity index (χ2v) is 9.78. The number of carbonyl (C=O) groups excluding carboxylic acids is 1. The van der Waals surface area contributed by atoms with Crippen molar-refractivity contribution in [2.75, 3.05) is 27.0 Å². The van der Waals surface area contributed by atoms with Crippen molar-refractivity contribution in [3.8, 4) is 11.5 Å². The van der Waals surface area contributed by atoms with E-state index >= 15 is 0 Å². The van der Waals surface area contributed by atoms with Gasteiger partial charge >= 0.3 is 0 Å². The maximum absolute atomic E-state index is 13.6. The lowest BCUT2D eigenvalue weighted by Crippen LogP contribution is -2.40. The Morgan fingerprint density at radius 3 is 2.28 bits per heavy atom. The minimum atomic E-state index is -3.42. The quantitative estimate of drug-likeness (QED) is 0.588. The average molecular weight is 452 g/mol. The van der Waals surface area contributed by atoms with Gasteiger partial charge in [0.25, 0.3) is 5.91 Å². The van der Waals surface area contributed by atoms with Gasteiger partial charge in [-0.2, -0.15) is 0 Å². The number of fused-ring (bicyclic) bond motifs is 1. The first-order valence-corrected chi connectivity index (χ1v) is 12.1. The minimum Gasteiger partial charge on any atom is -0.493 e. The maximum atomic E-state index is 13.6. The lowest BCUT2D eigenvalue weighted by molar-refractivity contribution is 0.0694. The van der Waals surface area contributed by atoms with Crippen molar-refractivity contribution in [2.45, 2.75) is 17.4 Å². The van der Waals surface area contributed by atoms with Gasteiger partial charge in [-0.3, -0.25) is 4.79 Å². The largest absolute Gasteiger partial charge is 0.493 e. The fraction of sp³-hybridized carbons (Fsp3) is 0.240. The topological polar surface area (TPSA) is 72.9 Å². The number of benzene rings is 3. The van der Waals surface area contributed by atoms with E-state index in [0.29, 0.717) is 30.0 Å². The second-order valence-electron chi connectivity index (χ2n) is 7.77. The molecule has 4 rings (SSSR count). The summed E-state index contributed by atoms with van der Waals surface area (Å²) in [6.45, 7) is 0.490. The van der Waals surface area contributed by atoms with Gasteiger partial charge in [-0.05, 0) is 53.4 Å². The van der Waals surface area contributed by atoms with E-state index in [4.69, 9.17) is 9.47 Å². The van der Waals surface area contributed by atoms with Crippen LogP contribution in [0.2, 0.25) is 0 Å². The van der Waals surface area contributed by atoms with Crippen LogP contribution in [0.1, 0.15) is 33.1 Å². The van der Waals surface area contributed by atoms with Crippen molar-refractivity contribution in [1.82, 2.24) is 4.90 Å². The molecule has 0 N–H and O–H groups in total. The first-order valence-electron chi connectivity index (χ1n) is 10.2. The molecule has 166 valence electrons. The smallest absolute Gasteiger partial charge is 0.254 e. The molecule has 0 aromatic heterocycles. The average Bonchev–Trinajstić information content (AvgIpc) is 2.82. The van der Waals surface area contributed by atoms with Crippen LogP contribution in [-0.4, -0.2) is 46.2 Å². The molecular formula is C25H25NO5S. The molecule has 0 aliphatic carbocycles. The summed E-state index contributed by atoms with van der Waals surface area (Å²) in [6, 6.07) is 19.6. The summed E-state index contributed by atoms with van der Waals surface area (Å²) >= 11 is 0. The molecule has 1 aliphatic heterocycles. The van der Waals surface area contributed by atoms with Crippen LogP contribution in [0.4, 0.5) is 0 Å². The molecule has 0 unspecified atom stereocenters. The Hall–Kier alpha value is -3.32. The molecule has 3 aromatic rings. The summed E-state index contributed by atoms with van der Waals surface area (Å²) in [5.74, 6) is 1.03. The highest BCUT2D eigenvalue weighted by Gasteiger charge is 2.34. The van der Waals surface area contributed by atoms with E-state index in [1.54, 1.807) is 31.3 Å². The lowest BCUT2D eigenvalue weighted by Gasteiger charge is -2.38. The zero-order valence-electron chi connectivity index (χ0n) is 18.2. The third kappa shape index (κ3) is 4.08. The first kappa shape index (κ1) is 21.9. The van der Waals surface area contributed by atoms with E-state index < -0.39 is 9.84 Å². The Kier molecular flexibility index (Phi) is 5.93. The Labute approximate surface area is 188 Å². The molecule has 0 radical (unpaired) electrons. The van der Waals surface area contributed by atoms with Gasteiger partial charge < -0.3 is 14.4 Å². The highest BCUT2D eigenvalue weighted by atomic mass is 32.2. The molecule has 0 spiro atoms. The van der Waals surface area contributed by atoms with Gasteiger partial charge in [0.15, 0.2) is 21.3 Å². The monoisotopic (exact) mass is 451 g/mol. The predicted octanol–water partition coefficient (Wildman–Crippen LogP) is 3.90. The van der Waals surface area contributed by atoms with E-state index in [1.807, 2.05) is 42.5 Å². The standard InChI is InChI=1S/C25H25NO5S/c1-30-22-15-18-12-13-26(25(27)19-10-7-11-20(14-19)32(3,28)29)24(17-8-5-4-6-9-17)21(18)16-23(22)31-2/h4-11,14-16,24H,12-13H2,1-3H3/t24-/m0/s1. The normalized spacial score (nSPS) is 15.7. The number of hydrogen-bond donors (Lipinski definition) is 0. The number of amides is 1. The van der Waals surface area contributed by atoms with E-state index in [2.05, 4.69) is 0 Å². The van der Waals surface area contributed by atoms with Gasteiger partial charge in [-0.25, -0.2) is 8.42 Å². The predicted molar refractivity (Wildman–Crippen MR) is 122 cm³/mol. The van der Waals surface area contributed by atoms with Crippen molar-refractivity contribution in [3.05, 3.63) is 89.0 Å². The fourth-order valence-electron chi connectivity index (χ4n) is 4.18. The summed E-state index contributed by atoms with van der Waals surface area (Å²) in [6.07, 6.45) is 1.79. The zero-order valence-corrected chi connectivity index (χ0v) is 19.1. The molecule has 0 fully saturated rings. The van der Waals surface area contributed by atoms with E-state index in [1.165, 1.54) is 12.1 Å². The summed E-state index contributed by atoms with van der Waals surface area (Å²) in [4.78, 5) is 15.5. The van der Waals surface area contributed by atoms with E-state index in [9.17, 15) is 13.2 Å². The van der Waals surface area contributed by atoms with Crippen molar-refractivity contribution in [3.63, 3.8) is 0 Å². The molecule has 0 saturated heterocycles. The van der Waals surface area contributed by atoms with Crippen molar-refractivity contribution in [2.24, 2.45) is 0 Å². The highest BCUT2D eigenvalue weighted by molar-refractivity contribution is 7.90. The van der Waals surface area contributed by atoms with Crippen LogP contribution < -0.4 is 9.47 Å². The number of sulfone groups is 1. The summed E-state index contributed by atoms with van der Waals surface area (Å²) in [7, 11) is -0.231. The molecule has 1 atom stereocenters. The van der Waals surface area contributed by atoms with Gasteiger partial charge in [-0.15, -0.1) is 0 Å². The second kappa shape index (κ2) is 8.67. The Bertz CT molecular complexity index is 1250. The molecule has 3 aromatic carbocycles. The first-order chi connectivity index (χ1) is 15.3. The van der Waals surface area contributed by atoms with Gasteiger partial charge in [0.2, 0.25) is 0 Å². The Balaban J connectivity index is 1.83. The number of carbonyl (C=O) groups is 1. The molecule has 0 bridgehead atoms. The van der Waals surface area contributed by atoms with Gasteiger partial charge in [0, 0.05) is 18.4 Å². The third-order valence-corrected chi connectivity index (χ3v) is 6.87. The molecule has 6 nitrogen and oxygen atoms in total. The summed E-state index contributed by atoms with van der Waals surface area (Å²) in [5.41, 5.74) is 3.37. The summed E-state index contributed by atoms with van der Waals surface area (Å²) < 4.78 is 35.0. The lowest BCUT2D eigenvalue weighted by atomic mass is 9.87. The van der Waals surface area contributed by atoms with Crippen LogP contribution in [0.3, 0.4) is 0 Å². The third-order valence-electron chi connectivity index (χ3n) is 5.76. The van der Waals surface area contributed by atoms with Crippen LogP contribution in [0.15, 0.2) is 71.6 Å². The van der Waals surface area contributed by atoms with Gasteiger partial charge in [0.05, 0.1) is 25.2 Å². The van der Waals surface area contributed by atoms with Crippen molar-refractivity contribution >= 4 is 15.7 Å². The minimum absolute atomic E-state index is 0.128. The van der Waals surface area contributed by atoms with Crippen molar-refractivity contribution in [1.29, 1.82) is 0 Å². The van der Waals surface area contributed by atoms with Crippen LogP contribution in [0.25, 0.3) is 0 Å². The zero-order chi connectivity index (χ0) is 22.9. The number of methoxy groups -OCH3 is 2. The molecule has 1 heterocycles. The number of nitrogens with zero attached hydrogens (tertiary/aromatic N) is 1. The number of hydrogen-bond acceptors (Lipinski definition) is 5. The molecule has 7 heteroatoms. The number of ether oxygens (including phenoxy) is 2. The van der Waals surface area contributed by atoms with Crippen LogP contribution >= 0.6 is 0 Å². The van der Waals surface area contributed by atoms with Gasteiger partial charge in [-0.1, -0.05) is 36.4 Å². The van der Waals surface area contributed by atoms with Crippen molar-refractivity contribution < 1.29 is 22.7 Å².